The molecule has 1 aromatic rings. The third-order valence-corrected chi connectivity index (χ3v) is 3.08. The number of aliphatic hydroxyl groups excluding tert-OH is 1. The summed E-state index contributed by atoms with van der Waals surface area (Å²) < 4.78 is 0. The second kappa shape index (κ2) is 5.12. The van der Waals surface area contributed by atoms with E-state index in [1.165, 1.54) is 0 Å². The molecule has 0 radical (unpaired) electrons. The second-order valence-corrected chi connectivity index (χ2v) is 4.10. The molecule has 1 heterocycles. The van der Waals surface area contributed by atoms with Gasteiger partial charge in [-0.2, -0.15) is 0 Å². The molecule has 0 bridgehead atoms. The molecule has 86 valence electrons. The molecule has 3 heteroatoms. The monoisotopic (exact) mass is 219 g/mol. The van der Waals surface area contributed by atoms with Crippen molar-refractivity contribution in [2.45, 2.75) is 25.9 Å². The summed E-state index contributed by atoms with van der Waals surface area (Å²) in [4.78, 5) is 5.39. The molecule has 2 atom stereocenters. The molecule has 0 aliphatic carbocycles. The van der Waals surface area contributed by atoms with Gasteiger partial charge in [-0.1, -0.05) is 42.4 Å². The van der Waals surface area contributed by atoms with Gasteiger partial charge >= 0.3 is 0 Å². The third-order valence-electron chi connectivity index (χ3n) is 3.08. The lowest BCUT2D eigenvalue weighted by Crippen LogP contribution is -2.23. The van der Waals surface area contributed by atoms with E-state index in [9.17, 15) is 5.11 Å². The zero-order valence-corrected chi connectivity index (χ0v) is 9.47. The van der Waals surface area contributed by atoms with Crippen LogP contribution in [0.1, 0.15) is 25.3 Å². The van der Waals surface area contributed by atoms with Crippen molar-refractivity contribution in [3.8, 4) is 0 Å². The Morgan fingerprint density at radius 3 is 2.81 bits per heavy atom. The number of aliphatic hydroxyl groups is 1. The SMILES string of the molecule is CC[C@H](CO)[C@@H]1CC(c2ccccc2)=NO1. The lowest BCUT2D eigenvalue weighted by Gasteiger charge is -2.17. The van der Waals surface area contributed by atoms with E-state index >= 15 is 0 Å². The molecule has 1 aliphatic heterocycles. The van der Waals surface area contributed by atoms with Gasteiger partial charge in [0.2, 0.25) is 0 Å². The summed E-state index contributed by atoms with van der Waals surface area (Å²) in [6.45, 7) is 2.23. The maximum atomic E-state index is 9.21. The van der Waals surface area contributed by atoms with Crippen molar-refractivity contribution in [2.24, 2.45) is 11.1 Å². The van der Waals surface area contributed by atoms with Gasteiger partial charge in [0, 0.05) is 18.9 Å². The molecule has 0 saturated carbocycles. The molecule has 0 saturated heterocycles. The molecule has 0 spiro atoms. The minimum atomic E-state index is 0.0326. The zero-order valence-electron chi connectivity index (χ0n) is 9.47. The van der Waals surface area contributed by atoms with E-state index in [0.717, 1.165) is 24.1 Å². The molecule has 1 aliphatic rings. The van der Waals surface area contributed by atoms with Gasteiger partial charge in [-0.05, 0) is 12.0 Å². The van der Waals surface area contributed by atoms with Crippen molar-refractivity contribution < 1.29 is 9.94 Å². The zero-order chi connectivity index (χ0) is 11.4. The van der Waals surface area contributed by atoms with Crippen molar-refractivity contribution in [3.63, 3.8) is 0 Å². The van der Waals surface area contributed by atoms with Crippen molar-refractivity contribution in [3.05, 3.63) is 35.9 Å². The van der Waals surface area contributed by atoms with Crippen molar-refractivity contribution in [1.82, 2.24) is 0 Å². The predicted octanol–water partition coefficient (Wildman–Crippen LogP) is 2.20. The molecule has 16 heavy (non-hydrogen) atoms. The van der Waals surface area contributed by atoms with E-state index in [1.807, 2.05) is 30.3 Å². The predicted molar refractivity (Wildman–Crippen MR) is 63.3 cm³/mol. The summed E-state index contributed by atoms with van der Waals surface area (Å²) in [6.07, 6.45) is 1.74. The van der Waals surface area contributed by atoms with Gasteiger partial charge in [0.1, 0.15) is 6.10 Å². The molecule has 0 unspecified atom stereocenters. The Labute approximate surface area is 95.7 Å². The molecule has 3 nitrogen and oxygen atoms in total. The number of oxime groups is 1. The number of rotatable bonds is 4. The number of hydrogen-bond acceptors (Lipinski definition) is 3. The van der Waals surface area contributed by atoms with Gasteiger partial charge in [0.05, 0.1) is 5.71 Å². The topological polar surface area (TPSA) is 41.8 Å². The Morgan fingerprint density at radius 2 is 2.19 bits per heavy atom. The van der Waals surface area contributed by atoms with Crippen molar-refractivity contribution >= 4 is 5.71 Å². The maximum Gasteiger partial charge on any atom is 0.138 e. The molecule has 0 amide bonds. The lowest BCUT2D eigenvalue weighted by atomic mass is 9.94. The molecule has 0 aromatic heterocycles. The van der Waals surface area contributed by atoms with E-state index in [0.29, 0.717) is 0 Å². The number of nitrogens with zero attached hydrogens (tertiary/aromatic N) is 1. The lowest BCUT2D eigenvalue weighted by molar-refractivity contribution is 0.0164. The van der Waals surface area contributed by atoms with E-state index in [-0.39, 0.29) is 18.6 Å². The summed E-state index contributed by atoms with van der Waals surface area (Å²) in [5.74, 6) is 0.185. The summed E-state index contributed by atoms with van der Waals surface area (Å²) in [7, 11) is 0. The average molecular weight is 219 g/mol. The minimum absolute atomic E-state index is 0.0326. The van der Waals surface area contributed by atoms with Gasteiger partial charge in [-0.3, -0.25) is 0 Å². The van der Waals surface area contributed by atoms with Gasteiger partial charge in [-0.15, -0.1) is 0 Å². The van der Waals surface area contributed by atoms with Crippen molar-refractivity contribution in [1.29, 1.82) is 0 Å². The molecular formula is C13H17NO2. The number of benzene rings is 1. The Hall–Kier alpha value is -1.35. The smallest absolute Gasteiger partial charge is 0.138 e. The fourth-order valence-electron chi connectivity index (χ4n) is 1.96. The first kappa shape index (κ1) is 11.1. The van der Waals surface area contributed by atoms with Crippen LogP contribution in [-0.4, -0.2) is 23.5 Å². The summed E-state index contributed by atoms with van der Waals surface area (Å²) in [5, 5.41) is 13.3. The fraction of sp³-hybridized carbons (Fsp3) is 0.462. The molecule has 1 N–H and O–H groups in total. The van der Waals surface area contributed by atoms with Crippen LogP contribution in [0.5, 0.6) is 0 Å². The summed E-state index contributed by atoms with van der Waals surface area (Å²) >= 11 is 0. The van der Waals surface area contributed by atoms with Gasteiger partial charge < -0.3 is 9.94 Å². The normalized spacial score (nSPS) is 21.4. The largest absolute Gasteiger partial charge is 0.396 e. The van der Waals surface area contributed by atoms with E-state index < -0.39 is 0 Å². The van der Waals surface area contributed by atoms with Crippen LogP contribution in [0.3, 0.4) is 0 Å². The van der Waals surface area contributed by atoms with E-state index in [2.05, 4.69) is 12.1 Å². The second-order valence-electron chi connectivity index (χ2n) is 4.10. The van der Waals surface area contributed by atoms with E-state index in [1.54, 1.807) is 0 Å². The highest BCUT2D eigenvalue weighted by atomic mass is 16.6. The molecule has 1 aromatic carbocycles. The highest BCUT2D eigenvalue weighted by Crippen LogP contribution is 2.23. The Kier molecular flexibility index (Phi) is 3.57. The van der Waals surface area contributed by atoms with E-state index in [4.69, 9.17) is 4.84 Å². The molecule has 2 rings (SSSR count). The Balaban J connectivity index is 2.02. The summed E-state index contributed by atoms with van der Waals surface area (Å²) in [5.41, 5.74) is 2.09. The van der Waals surface area contributed by atoms with Crippen LogP contribution < -0.4 is 0 Å². The van der Waals surface area contributed by atoms with Crippen LogP contribution in [0.25, 0.3) is 0 Å². The first-order chi connectivity index (χ1) is 7.85. The summed E-state index contributed by atoms with van der Waals surface area (Å²) in [6, 6.07) is 10.0. The van der Waals surface area contributed by atoms with Crippen LogP contribution in [-0.2, 0) is 4.84 Å². The minimum Gasteiger partial charge on any atom is -0.396 e. The first-order valence-corrected chi connectivity index (χ1v) is 5.74. The van der Waals surface area contributed by atoms with Gasteiger partial charge in [-0.25, -0.2) is 0 Å². The average Bonchev–Trinajstić information content (AvgIpc) is 2.81. The number of hydrogen-bond donors (Lipinski definition) is 1. The fourth-order valence-corrected chi connectivity index (χ4v) is 1.96. The van der Waals surface area contributed by atoms with Crippen LogP contribution in [0, 0.1) is 5.92 Å². The molecule has 0 fully saturated rings. The van der Waals surface area contributed by atoms with Crippen LogP contribution in [0.4, 0.5) is 0 Å². The Bertz CT molecular complexity index is 357. The molecular weight excluding hydrogens is 202 g/mol. The van der Waals surface area contributed by atoms with Crippen molar-refractivity contribution in [2.75, 3.05) is 6.61 Å². The first-order valence-electron chi connectivity index (χ1n) is 5.74. The quantitative estimate of drug-likeness (QED) is 0.843. The highest BCUT2D eigenvalue weighted by Gasteiger charge is 2.28. The van der Waals surface area contributed by atoms with Gasteiger partial charge in [0.25, 0.3) is 0 Å². The third kappa shape index (κ3) is 2.25. The Morgan fingerprint density at radius 1 is 1.44 bits per heavy atom. The van der Waals surface area contributed by atoms with Gasteiger partial charge in [0.15, 0.2) is 0 Å². The standard InChI is InChI=1S/C13H17NO2/c1-2-10(9-15)13-8-12(14-16-13)11-6-4-3-5-7-11/h3-7,10,13,15H,2,8-9H2,1H3/t10-,13+/m1/s1. The highest BCUT2D eigenvalue weighted by molar-refractivity contribution is 6.01. The van der Waals surface area contributed by atoms with Crippen LogP contribution in [0.15, 0.2) is 35.5 Å². The maximum absolute atomic E-state index is 9.21. The van der Waals surface area contributed by atoms with Crippen LogP contribution >= 0.6 is 0 Å². The van der Waals surface area contributed by atoms with Crippen LogP contribution in [0.2, 0.25) is 0 Å².